The fourth-order valence-electron chi connectivity index (χ4n) is 1.66. The molecule has 0 saturated carbocycles. The summed E-state index contributed by atoms with van der Waals surface area (Å²) in [6.45, 7) is 2.58. The largest absolute Gasteiger partial charge is 0.450 e. The zero-order valence-electron chi connectivity index (χ0n) is 8.86. The van der Waals surface area contributed by atoms with Gasteiger partial charge in [0.1, 0.15) is 0 Å². The van der Waals surface area contributed by atoms with E-state index in [-0.39, 0.29) is 17.4 Å². The molecule has 0 aromatic carbocycles. The van der Waals surface area contributed by atoms with Gasteiger partial charge in [-0.3, -0.25) is 0 Å². The number of rotatable bonds is 4. The molecule has 1 aliphatic rings. The van der Waals surface area contributed by atoms with Crippen molar-refractivity contribution < 1.29 is 17.9 Å². The monoisotopic (exact) mass is 235 g/mol. The van der Waals surface area contributed by atoms with Crippen LogP contribution >= 0.6 is 0 Å². The molecule has 0 aliphatic carbocycles. The molecule has 0 bridgehead atoms. The molecule has 1 N–H and O–H groups in total. The third kappa shape index (κ3) is 4.51. The van der Waals surface area contributed by atoms with Gasteiger partial charge in [0.05, 0.1) is 18.1 Å². The number of alkyl carbamates (subject to hydrolysis) is 1. The third-order valence-corrected chi connectivity index (χ3v) is 4.26. The summed E-state index contributed by atoms with van der Waals surface area (Å²) in [5.74, 6) is 0.742. The molecule has 1 heterocycles. The van der Waals surface area contributed by atoms with Gasteiger partial charge >= 0.3 is 6.09 Å². The summed E-state index contributed by atoms with van der Waals surface area (Å²) in [4.78, 5) is 10.9. The van der Waals surface area contributed by atoms with Crippen LogP contribution in [0, 0.1) is 5.92 Å². The zero-order valence-corrected chi connectivity index (χ0v) is 9.68. The van der Waals surface area contributed by atoms with Crippen LogP contribution in [-0.4, -0.2) is 39.2 Å². The van der Waals surface area contributed by atoms with Gasteiger partial charge in [-0.25, -0.2) is 13.2 Å². The van der Waals surface area contributed by atoms with Crippen LogP contribution in [0.3, 0.4) is 0 Å². The Hall–Kier alpha value is -0.780. The number of nitrogens with one attached hydrogen (secondary N) is 1. The molecular weight excluding hydrogens is 218 g/mol. The smallest absolute Gasteiger partial charge is 0.407 e. The van der Waals surface area contributed by atoms with Gasteiger partial charge in [0.2, 0.25) is 0 Å². The molecule has 1 aliphatic heterocycles. The summed E-state index contributed by atoms with van der Waals surface area (Å²) < 4.78 is 26.9. The Kier molecular flexibility index (Phi) is 4.38. The molecule has 5 nitrogen and oxygen atoms in total. The maximum atomic E-state index is 11.1. The average Bonchev–Trinajstić information content (AvgIpc) is 2.46. The topological polar surface area (TPSA) is 72.5 Å². The van der Waals surface area contributed by atoms with Crippen LogP contribution < -0.4 is 5.32 Å². The number of ether oxygens (including phenoxy) is 1. The Bertz CT molecular complexity index is 312. The fraction of sp³-hybridized carbons (Fsp3) is 0.889. The predicted molar refractivity (Wildman–Crippen MR) is 56.4 cm³/mol. The molecule has 0 radical (unpaired) electrons. The van der Waals surface area contributed by atoms with Crippen LogP contribution in [0.1, 0.15) is 19.8 Å². The molecule has 1 saturated heterocycles. The fourth-order valence-corrected chi connectivity index (χ4v) is 3.57. The van der Waals surface area contributed by atoms with Crippen molar-refractivity contribution in [1.29, 1.82) is 0 Å². The van der Waals surface area contributed by atoms with Crippen molar-refractivity contribution in [3.63, 3.8) is 0 Å². The minimum absolute atomic E-state index is 0.192. The first kappa shape index (κ1) is 12.3. The van der Waals surface area contributed by atoms with E-state index in [2.05, 4.69) is 10.1 Å². The van der Waals surface area contributed by atoms with Crippen molar-refractivity contribution in [2.45, 2.75) is 19.8 Å². The SMILES string of the molecule is CCOC(=O)NCCC1CCS(=O)(=O)C1. The van der Waals surface area contributed by atoms with Crippen LogP contribution in [0.4, 0.5) is 4.79 Å². The summed E-state index contributed by atoms with van der Waals surface area (Å²) in [6, 6.07) is 0. The predicted octanol–water partition coefficient (Wildman–Crippen LogP) is 0.557. The lowest BCUT2D eigenvalue weighted by Gasteiger charge is -2.08. The highest BCUT2D eigenvalue weighted by molar-refractivity contribution is 7.91. The standard InChI is InChI=1S/C9H17NO4S/c1-2-14-9(11)10-5-3-8-4-6-15(12,13)7-8/h8H,2-7H2,1H3,(H,10,11). The van der Waals surface area contributed by atoms with Crippen LogP contribution in [0.2, 0.25) is 0 Å². The molecule has 88 valence electrons. The Morgan fingerprint density at radius 3 is 2.80 bits per heavy atom. The Morgan fingerprint density at radius 1 is 1.53 bits per heavy atom. The maximum Gasteiger partial charge on any atom is 0.407 e. The normalized spacial score (nSPS) is 23.7. The molecule has 1 unspecified atom stereocenters. The van der Waals surface area contributed by atoms with Crippen molar-refractivity contribution in [3.05, 3.63) is 0 Å². The summed E-state index contributed by atoms with van der Waals surface area (Å²) in [5.41, 5.74) is 0. The van der Waals surface area contributed by atoms with Gasteiger partial charge in [0.25, 0.3) is 0 Å². The van der Waals surface area contributed by atoms with Gasteiger partial charge in [-0.15, -0.1) is 0 Å². The molecular formula is C9H17NO4S. The minimum Gasteiger partial charge on any atom is -0.450 e. The Morgan fingerprint density at radius 2 is 2.27 bits per heavy atom. The van der Waals surface area contributed by atoms with E-state index in [0.717, 1.165) is 0 Å². The van der Waals surface area contributed by atoms with Gasteiger partial charge < -0.3 is 10.1 Å². The van der Waals surface area contributed by atoms with Gasteiger partial charge in [-0.2, -0.15) is 0 Å². The van der Waals surface area contributed by atoms with Crippen LogP contribution in [0.5, 0.6) is 0 Å². The first-order valence-electron chi connectivity index (χ1n) is 5.14. The second kappa shape index (κ2) is 5.34. The van der Waals surface area contributed by atoms with E-state index in [0.29, 0.717) is 26.0 Å². The first-order chi connectivity index (χ1) is 7.03. The van der Waals surface area contributed by atoms with Crippen LogP contribution in [0.25, 0.3) is 0 Å². The Labute approximate surface area is 90.1 Å². The van der Waals surface area contributed by atoms with Crippen molar-refractivity contribution in [2.75, 3.05) is 24.7 Å². The number of carbonyl (C=O) groups is 1. The number of hydrogen-bond donors (Lipinski definition) is 1. The molecule has 1 atom stereocenters. The van der Waals surface area contributed by atoms with Crippen molar-refractivity contribution in [2.24, 2.45) is 5.92 Å². The molecule has 6 heteroatoms. The summed E-state index contributed by atoms with van der Waals surface area (Å²) in [5, 5.41) is 2.58. The third-order valence-electron chi connectivity index (χ3n) is 2.42. The summed E-state index contributed by atoms with van der Waals surface area (Å²) in [6.07, 6.45) is 0.989. The maximum absolute atomic E-state index is 11.1. The van der Waals surface area contributed by atoms with E-state index in [4.69, 9.17) is 0 Å². The molecule has 0 spiro atoms. The lowest BCUT2D eigenvalue weighted by Crippen LogP contribution is -2.26. The minimum atomic E-state index is -2.80. The average molecular weight is 235 g/mol. The molecule has 0 aromatic rings. The molecule has 15 heavy (non-hydrogen) atoms. The highest BCUT2D eigenvalue weighted by Crippen LogP contribution is 2.20. The highest BCUT2D eigenvalue weighted by Gasteiger charge is 2.27. The second-order valence-corrected chi connectivity index (χ2v) is 5.93. The van der Waals surface area contributed by atoms with Gasteiger partial charge in [-0.1, -0.05) is 0 Å². The highest BCUT2D eigenvalue weighted by atomic mass is 32.2. The molecule has 1 amide bonds. The van der Waals surface area contributed by atoms with E-state index in [1.54, 1.807) is 6.92 Å². The summed E-state index contributed by atoms with van der Waals surface area (Å²) in [7, 11) is -2.80. The van der Waals surface area contributed by atoms with Gasteiger partial charge in [0.15, 0.2) is 9.84 Å². The lowest BCUT2D eigenvalue weighted by molar-refractivity contribution is 0.151. The van der Waals surface area contributed by atoms with Crippen molar-refractivity contribution in [1.82, 2.24) is 5.32 Å². The quantitative estimate of drug-likeness (QED) is 0.772. The van der Waals surface area contributed by atoms with Crippen molar-refractivity contribution >= 4 is 15.9 Å². The summed E-state index contributed by atoms with van der Waals surface area (Å²) >= 11 is 0. The molecule has 1 fully saturated rings. The van der Waals surface area contributed by atoms with Gasteiger partial charge in [-0.05, 0) is 25.7 Å². The van der Waals surface area contributed by atoms with Gasteiger partial charge in [0, 0.05) is 6.54 Å². The van der Waals surface area contributed by atoms with Crippen LogP contribution in [0.15, 0.2) is 0 Å². The number of amides is 1. The van der Waals surface area contributed by atoms with E-state index >= 15 is 0 Å². The molecule has 0 aromatic heterocycles. The number of hydrogen-bond acceptors (Lipinski definition) is 4. The van der Waals surface area contributed by atoms with Crippen LogP contribution in [-0.2, 0) is 14.6 Å². The number of sulfone groups is 1. The lowest BCUT2D eigenvalue weighted by atomic mass is 10.1. The zero-order chi connectivity index (χ0) is 11.3. The van der Waals surface area contributed by atoms with Crippen molar-refractivity contribution in [3.8, 4) is 0 Å². The van der Waals surface area contributed by atoms with E-state index in [1.807, 2.05) is 0 Å². The van der Waals surface area contributed by atoms with E-state index < -0.39 is 15.9 Å². The number of carbonyl (C=O) groups excluding carboxylic acids is 1. The first-order valence-corrected chi connectivity index (χ1v) is 6.96. The molecule has 1 rings (SSSR count). The second-order valence-electron chi connectivity index (χ2n) is 3.70. The Balaban J connectivity index is 2.14. The van der Waals surface area contributed by atoms with E-state index in [9.17, 15) is 13.2 Å². The van der Waals surface area contributed by atoms with E-state index in [1.165, 1.54) is 0 Å².